The molecule has 3 saturated heterocycles. The van der Waals surface area contributed by atoms with Gasteiger partial charge in [0.15, 0.2) is 0 Å². The fourth-order valence-electron chi connectivity index (χ4n) is 7.77. The van der Waals surface area contributed by atoms with E-state index in [9.17, 15) is 19.5 Å². The van der Waals surface area contributed by atoms with Gasteiger partial charge in [0.25, 0.3) is 0 Å². The van der Waals surface area contributed by atoms with Crippen LogP contribution in [0.1, 0.15) is 67.7 Å². The molecule has 3 aliphatic heterocycles. The van der Waals surface area contributed by atoms with Crippen LogP contribution < -0.4 is 9.64 Å². The zero-order valence-corrected chi connectivity index (χ0v) is 27.5. The fourth-order valence-corrected chi connectivity index (χ4v) is 7.77. The van der Waals surface area contributed by atoms with Crippen LogP contribution in [0.2, 0.25) is 0 Å². The van der Waals surface area contributed by atoms with Crippen molar-refractivity contribution in [2.45, 2.75) is 96.6 Å². The molecular formula is C35H51N3O6. The summed E-state index contributed by atoms with van der Waals surface area (Å²) in [5.41, 5.74) is -2.00. The summed E-state index contributed by atoms with van der Waals surface area (Å²) in [7, 11) is 0. The van der Waals surface area contributed by atoms with E-state index >= 15 is 0 Å². The molecule has 0 radical (unpaired) electrons. The molecule has 1 aromatic rings. The molecule has 242 valence electrons. The normalized spacial score (nSPS) is 28.2. The Kier molecular flexibility index (Phi) is 9.71. The van der Waals surface area contributed by atoms with Crippen LogP contribution in [-0.2, 0) is 19.1 Å². The van der Waals surface area contributed by atoms with Gasteiger partial charge in [-0.2, -0.15) is 0 Å². The number of nitrogens with zero attached hydrogens (tertiary/aromatic N) is 3. The van der Waals surface area contributed by atoms with Gasteiger partial charge in [0, 0.05) is 24.3 Å². The SMILES string of the molecule is C=CCN(C(=O)[C@@H]1[C@H]2C(=O)N([C@@H](CO)C(C)C)C(C(=O)N(CC=C)C(C)(C)C)C23CC[C@@]1(CC)O3)c1ccc(OCC)cc1. The summed E-state index contributed by atoms with van der Waals surface area (Å²) in [4.78, 5) is 49.2. The van der Waals surface area contributed by atoms with Crippen LogP contribution in [0.5, 0.6) is 5.75 Å². The Labute approximate surface area is 262 Å². The Morgan fingerprint density at radius 2 is 1.75 bits per heavy atom. The number of likely N-dealkylation sites (tertiary alicyclic amines) is 1. The minimum absolute atomic E-state index is 0.135. The van der Waals surface area contributed by atoms with E-state index < -0.39 is 40.7 Å². The van der Waals surface area contributed by atoms with Crippen LogP contribution in [0.3, 0.4) is 0 Å². The maximum atomic E-state index is 14.8. The number of hydrogen-bond donors (Lipinski definition) is 1. The van der Waals surface area contributed by atoms with E-state index in [2.05, 4.69) is 13.2 Å². The second kappa shape index (κ2) is 12.7. The second-order valence-corrected chi connectivity index (χ2v) is 13.6. The lowest BCUT2D eigenvalue weighted by molar-refractivity contribution is -0.159. The van der Waals surface area contributed by atoms with E-state index in [0.29, 0.717) is 43.9 Å². The van der Waals surface area contributed by atoms with Gasteiger partial charge in [-0.05, 0) is 77.1 Å². The van der Waals surface area contributed by atoms with Crippen LogP contribution in [-0.4, -0.2) is 87.8 Å². The Morgan fingerprint density at radius 3 is 2.25 bits per heavy atom. The highest BCUT2D eigenvalue weighted by Crippen LogP contribution is 2.65. The average molecular weight is 610 g/mol. The number of carbonyl (C=O) groups is 3. The average Bonchev–Trinajstić information content (AvgIpc) is 3.58. The Bertz CT molecular complexity index is 1260. The molecule has 0 aromatic heterocycles. The van der Waals surface area contributed by atoms with Crippen molar-refractivity contribution in [3.63, 3.8) is 0 Å². The molecule has 1 aromatic carbocycles. The summed E-state index contributed by atoms with van der Waals surface area (Å²) in [6, 6.07) is 5.71. The first kappa shape index (κ1) is 33.7. The molecule has 4 rings (SSSR count). The minimum atomic E-state index is -1.20. The van der Waals surface area contributed by atoms with Gasteiger partial charge in [-0.3, -0.25) is 14.4 Å². The molecule has 3 aliphatic rings. The molecule has 9 heteroatoms. The standard InChI is InChI=1S/C35H51N3O6/c1-10-20-36(24-14-16-25(17-15-24)43-13-4)30(40)27-28-31(41)38(26(22-39)23(5)6)29(32(42)37(21-11-2)33(7,8)9)35(28)19-18-34(27,12-3)44-35/h10-11,14-17,23,26-29,39H,1-2,12-13,18-22H2,3-9H3/t26-,27-,28-,29?,34+,35?/m0/s1. The van der Waals surface area contributed by atoms with Gasteiger partial charge in [-0.25, -0.2) is 0 Å². The Balaban J connectivity index is 1.87. The first-order valence-electron chi connectivity index (χ1n) is 16.0. The summed E-state index contributed by atoms with van der Waals surface area (Å²) >= 11 is 0. The molecule has 3 amide bonds. The van der Waals surface area contributed by atoms with Crippen molar-refractivity contribution in [2.75, 3.05) is 31.2 Å². The molecule has 9 nitrogen and oxygen atoms in total. The highest BCUT2D eigenvalue weighted by atomic mass is 16.5. The van der Waals surface area contributed by atoms with Crippen LogP contribution >= 0.6 is 0 Å². The molecule has 1 spiro atoms. The number of ether oxygens (including phenoxy) is 2. The second-order valence-electron chi connectivity index (χ2n) is 13.6. The fraction of sp³-hybridized carbons (Fsp3) is 0.629. The number of rotatable bonds is 13. The van der Waals surface area contributed by atoms with Gasteiger partial charge >= 0.3 is 0 Å². The smallest absolute Gasteiger partial charge is 0.249 e. The first-order valence-corrected chi connectivity index (χ1v) is 16.0. The van der Waals surface area contributed by atoms with E-state index in [1.54, 1.807) is 26.9 Å². The maximum Gasteiger partial charge on any atom is 0.249 e. The molecule has 0 saturated carbocycles. The van der Waals surface area contributed by atoms with Crippen LogP contribution in [0, 0.1) is 17.8 Å². The van der Waals surface area contributed by atoms with Crippen molar-refractivity contribution in [3.05, 3.63) is 49.6 Å². The van der Waals surface area contributed by atoms with Gasteiger partial charge in [0.2, 0.25) is 17.7 Å². The lowest BCUT2D eigenvalue weighted by Crippen LogP contribution is -2.62. The quantitative estimate of drug-likeness (QED) is 0.329. The summed E-state index contributed by atoms with van der Waals surface area (Å²) in [5, 5.41) is 10.6. The summed E-state index contributed by atoms with van der Waals surface area (Å²) in [6.07, 6.45) is 4.89. The van der Waals surface area contributed by atoms with Crippen LogP contribution in [0.4, 0.5) is 5.69 Å². The Hall–Kier alpha value is -3.17. The molecule has 1 N–H and O–H groups in total. The monoisotopic (exact) mass is 609 g/mol. The number of hydrogen-bond acceptors (Lipinski definition) is 6. The van der Waals surface area contributed by atoms with Crippen molar-refractivity contribution in [2.24, 2.45) is 17.8 Å². The van der Waals surface area contributed by atoms with E-state index in [-0.39, 0.29) is 36.8 Å². The van der Waals surface area contributed by atoms with Gasteiger partial charge in [0.1, 0.15) is 17.4 Å². The molecule has 2 unspecified atom stereocenters. The highest BCUT2D eigenvalue weighted by molar-refractivity contribution is 6.03. The topological polar surface area (TPSA) is 99.6 Å². The number of carbonyl (C=O) groups excluding carboxylic acids is 3. The predicted molar refractivity (Wildman–Crippen MR) is 171 cm³/mol. The van der Waals surface area contributed by atoms with E-state index in [0.717, 1.165) is 0 Å². The number of aliphatic hydroxyl groups excluding tert-OH is 1. The third-order valence-electron chi connectivity index (χ3n) is 9.86. The third-order valence-corrected chi connectivity index (χ3v) is 9.86. The van der Waals surface area contributed by atoms with Crippen molar-refractivity contribution in [3.8, 4) is 5.75 Å². The molecule has 0 aliphatic carbocycles. The van der Waals surface area contributed by atoms with Crippen molar-refractivity contribution < 1.29 is 29.0 Å². The van der Waals surface area contributed by atoms with Crippen LogP contribution in [0.25, 0.3) is 0 Å². The number of amides is 3. The first-order chi connectivity index (χ1) is 20.8. The molecule has 3 heterocycles. The zero-order chi connectivity index (χ0) is 32.6. The lowest BCUT2D eigenvalue weighted by atomic mass is 9.64. The summed E-state index contributed by atoms with van der Waals surface area (Å²) in [6.45, 7) is 22.1. The molecule has 6 atom stereocenters. The zero-order valence-electron chi connectivity index (χ0n) is 27.5. The van der Waals surface area contributed by atoms with Crippen molar-refractivity contribution >= 4 is 23.4 Å². The molecule has 44 heavy (non-hydrogen) atoms. The molecular weight excluding hydrogens is 558 g/mol. The van der Waals surface area contributed by atoms with E-state index in [1.165, 1.54) is 0 Å². The van der Waals surface area contributed by atoms with Gasteiger partial charge in [0.05, 0.1) is 36.7 Å². The number of benzene rings is 1. The summed E-state index contributed by atoms with van der Waals surface area (Å²) < 4.78 is 12.6. The highest BCUT2D eigenvalue weighted by Gasteiger charge is 2.79. The van der Waals surface area contributed by atoms with Crippen LogP contribution in [0.15, 0.2) is 49.6 Å². The largest absolute Gasteiger partial charge is 0.494 e. The van der Waals surface area contributed by atoms with E-state index in [1.807, 2.05) is 72.7 Å². The Morgan fingerprint density at radius 1 is 1.11 bits per heavy atom. The maximum absolute atomic E-state index is 14.8. The predicted octanol–water partition coefficient (Wildman–Crippen LogP) is 4.59. The van der Waals surface area contributed by atoms with Gasteiger partial charge in [-0.1, -0.05) is 32.9 Å². The number of fused-ring (bicyclic) bond motifs is 1. The lowest BCUT2D eigenvalue weighted by Gasteiger charge is -2.44. The van der Waals surface area contributed by atoms with Gasteiger partial charge < -0.3 is 29.3 Å². The van der Waals surface area contributed by atoms with Gasteiger partial charge in [-0.15, -0.1) is 13.2 Å². The third kappa shape index (κ3) is 5.36. The van der Waals surface area contributed by atoms with Crippen molar-refractivity contribution in [1.82, 2.24) is 9.80 Å². The molecule has 2 bridgehead atoms. The number of anilines is 1. The minimum Gasteiger partial charge on any atom is -0.494 e. The van der Waals surface area contributed by atoms with E-state index in [4.69, 9.17) is 9.47 Å². The molecule has 3 fully saturated rings. The number of aliphatic hydroxyl groups is 1. The van der Waals surface area contributed by atoms with Crippen molar-refractivity contribution in [1.29, 1.82) is 0 Å². The summed E-state index contributed by atoms with van der Waals surface area (Å²) in [5.74, 6) is -1.90.